The number of hydrogen-bond donors (Lipinski definition) is 3. The largest absolute Gasteiger partial charge is 0.360 e. The molecule has 0 radical (unpaired) electrons. The molecule has 15 heavy (non-hydrogen) atoms. The van der Waals surface area contributed by atoms with Gasteiger partial charge in [-0.3, -0.25) is 4.99 Å². The van der Waals surface area contributed by atoms with Gasteiger partial charge in [-0.2, -0.15) is 0 Å². The van der Waals surface area contributed by atoms with E-state index in [9.17, 15) is 0 Å². The van der Waals surface area contributed by atoms with E-state index in [0.29, 0.717) is 12.5 Å². The monoisotopic (exact) mass is 228 g/mol. The Morgan fingerprint density at radius 2 is 2.53 bits per heavy atom. The molecule has 5 heteroatoms. The van der Waals surface area contributed by atoms with Gasteiger partial charge in [0.2, 0.25) is 0 Å². The van der Waals surface area contributed by atoms with E-state index >= 15 is 0 Å². The van der Waals surface area contributed by atoms with Crippen LogP contribution < -0.4 is 16.4 Å². The van der Waals surface area contributed by atoms with Crippen molar-refractivity contribution in [2.75, 3.05) is 13.1 Å². The van der Waals surface area contributed by atoms with Crippen LogP contribution in [0.2, 0.25) is 0 Å². The molecule has 86 valence electrons. The lowest BCUT2D eigenvalue weighted by molar-refractivity contribution is 0.606. The maximum Gasteiger partial charge on any atom is 0.150 e. The van der Waals surface area contributed by atoms with Crippen molar-refractivity contribution in [3.05, 3.63) is 11.1 Å². The summed E-state index contributed by atoms with van der Waals surface area (Å²) in [5.74, 6) is 1.41. The quantitative estimate of drug-likeness (QED) is 0.497. The first-order valence-electron chi connectivity index (χ1n) is 5.18. The fourth-order valence-electron chi connectivity index (χ4n) is 1.12. The van der Waals surface area contributed by atoms with Gasteiger partial charge in [-0.25, -0.2) is 0 Å². The van der Waals surface area contributed by atoms with Gasteiger partial charge in [0.15, 0.2) is 0 Å². The second kappa shape index (κ2) is 6.02. The molecule has 0 spiro atoms. The first kappa shape index (κ1) is 12.4. The minimum Gasteiger partial charge on any atom is -0.360 e. The molecule has 1 unspecified atom stereocenters. The van der Waals surface area contributed by atoms with Crippen LogP contribution >= 0.6 is 11.8 Å². The molecule has 1 aliphatic heterocycles. The topological polar surface area (TPSA) is 62.4 Å². The fourth-order valence-corrected chi connectivity index (χ4v) is 2.02. The van der Waals surface area contributed by atoms with Crippen molar-refractivity contribution in [3.63, 3.8) is 0 Å². The number of thioether (sulfide) groups is 1. The Kier molecular flexibility index (Phi) is 4.98. The number of allylic oxidation sites excluding steroid dienone is 1. The second-order valence-electron chi connectivity index (χ2n) is 3.87. The third-order valence-corrected chi connectivity index (χ3v) is 3.12. The van der Waals surface area contributed by atoms with Crippen LogP contribution in [0.15, 0.2) is 16.1 Å². The summed E-state index contributed by atoms with van der Waals surface area (Å²) in [4.78, 5) is 4.43. The van der Waals surface area contributed by atoms with Crippen molar-refractivity contribution in [1.29, 1.82) is 0 Å². The molecule has 0 aliphatic carbocycles. The summed E-state index contributed by atoms with van der Waals surface area (Å²) in [5.41, 5.74) is 6.94. The van der Waals surface area contributed by atoms with Crippen LogP contribution in [0.1, 0.15) is 20.8 Å². The van der Waals surface area contributed by atoms with Crippen LogP contribution in [0, 0.1) is 5.92 Å². The van der Waals surface area contributed by atoms with Crippen LogP contribution in [-0.2, 0) is 0 Å². The van der Waals surface area contributed by atoms with Crippen molar-refractivity contribution < 1.29 is 0 Å². The van der Waals surface area contributed by atoms with Crippen LogP contribution in [0.4, 0.5) is 0 Å². The lowest BCUT2D eigenvalue weighted by Gasteiger charge is -2.15. The van der Waals surface area contributed by atoms with Gasteiger partial charge in [0.25, 0.3) is 0 Å². The average molecular weight is 228 g/mol. The van der Waals surface area contributed by atoms with Crippen LogP contribution in [0.5, 0.6) is 0 Å². The molecule has 0 fully saturated rings. The zero-order valence-corrected chi connectivity index (χ0v) is 10.4. The molecule has 0 aromatic rings. The maximum atomic E-state index is 5.53. The average Bonchev–Trinajstić information content (AvgIpc) is 2.60. The normalized spacial score (nSPS) is 23.3. The zero-order chi connectivity index (χ0) is 11.3. The van der Waals surface area contributed by atoms with Gasteiger partial charge in [0, 0.05) is 12.2 Å². The Labute approximate surface area is 95.8 Å². The van der Waals surface area contributed by atoms with E-state index in [1.54, 1.807) is 11.8 Å². The Balaban J connectivity index is 2.26. The van der Waals surface area contributed by atoms with E-state index in [4.69, 9.17) is 5.73 Å². The molecule has 0 saturated heterocycles. The van der Waals surface area contributed by atoms with Crippen molar-refractivity contribution in [2.45, 2.75) is 26.3 Å². The predicted molar refractivity (Wildman–Crippen MR) is 67.6 cm³/mol. The molecular weight excluding hydrogens is 208 g/mol. The van der Waals surface area contributed by atoms with E-state index in [0.717, 1.165) is 12.4 Å². The zero-order valence-electron chi connectivity index (χ0n) is 9.58. The minimum absolute atomic E-state index is 0.224. The Bertz CT molecular complexity index is 262. The number of aliphatic imine (C=N–C) groups is 1. The van der Waals surface area contributed by atoms with Crippen LogP contribution in [-0.4, -0.2) is 24.4 Å². The summed E-state index contributed by atoms with van der Waals surface area (Å²) < 4.78 is 0. The highest BCUT2D eigenvalue weighted by atomic mass is 32.2. The summed E-state index contributed by atoms with van der Waals surface area (Å²) in [6.45, 7) is 7.62. The molecule has 0 amide bonds. The number of nitrogens with two attached hydrogens (primary N) is 1. The molecule has 0 bridgehead atoms. The van der Waals surface area contributed by atoms with Crippen molar-refractivity contribution in [2.24, 2.45) is 16.6 Å². The van der Waals surface area contributed by atoms with Crippen LogP contribution in [0.3, 0.4) is 0 Å². The number of nitrogens with one attached hydrogen (secondary N) is 2. The molecule has 0 saturated carbocycles. The van der Waals surface area contributed by atoms with Crippen molar-refractivity contribution in [3.8, 4) is 0 Å². The molecule has 0 aromatic carbocycles. The SMILES string of the molecule is CC1=CSC(NC(C)=NC[C@H](C)CN)N1. The lowest BCUT2D eigenvalue weighted by atomic mass is 10.2. The highest BCUT2D eigenvalue weighted by molar-refractivity contribution is 8.02. The Hall–Kier alpha value is -0.680. The summed E-state index contributed by atoms with van der Waals surface area (Å²) in [7, 11) is 0. The second-order valence-corrected chi connectivity index (χ2v) is 4.85. The molecule has 1 heterocycles. The predicted octanol–water partition coefficient (Wildman–Crippen LogP) is 1.07. The van der Waals surface area contributed by atoms with Gasteiger partial charge in [-0.15, -0.1) is 0 Å². The van der Waals surface area contributed by atoms with E-state index in [1.165, 1.54) is 5.70 Å². The van der Waals surface area contributed by atoms with E-state index < -0.39 is 0 Å². The standard InChI is InChI=1S/C10H20N4S/c1-7(4-11)5-12-9(3)14-10-13-8(2)6-15-10/h6-7,10,13H,4-5,11H2,1-3H3,(H,12,14)/t7-,10?/m1/s1. The third kappa shape index (κ3) is 4.57. The Morgan fingerprint density at radius 3 is 3.07 bits per heavy atom. The minimum atomic E-state index is 0.224. The lowest BCUT2D eigenvalue weighted by Crippen LogP contribution is -2.38. The highest BCUT2D eigenvalue weighted by Crippen LogP contribution is 2.17. The van der Waals surface area contributed by atoms with Crippen molar-refractivity contribution in [1.82, 2.24) is 10.6 Å². The summed E-state index contributed by atoms with van der Waals surface area (Å²) in [6.07, 6.45) is 0. The van der Waals surface area contributed by atoms with Gasteiger partial charge in [0.1, 0.15) is 5.50 Å². The first-order chi connectivity index (χ1) is 7.11. The van der Waals surface area contributed by atoms with Gasteiger partial charge in [-0.1, -0.05) is 18.7 Å². The summed E-state index contributed by atoms with van der Waals surface area (Å²) in [6, 6.07) is 0. The van der Waals surface area contributed by atoms with E-state index in [1.807, 2.05) is 6.92 Å². The van der Waals surface area contributed by atoms with E-state index in [2.05, 4.69) is 34.9 Å². The smallest absolute Gasteiger partial charge is 0.150 e. The van der Waals surface area contributed by atoms with Gasteiger partial charge in [-0.05, 0) is 31.7 Å². The fraction of sp³-hybridized carbons (Fsp3) is 0.700. The summed E-state index contributed by atoms with van der Waals surface area (Å²) in [5, 5.41) is 8.70. The molecule has 4 nitrogen and oxygen atoms in total. The molecule has 4 N–H and O–H groups in total. The number of hydrogen-bond acceptors (Lipinski definition) is 4. The molecule has 0 aromatic heterocycles. The van der Waals surface area contributed by atoms with Gasteiger partial charge >= 0.3 is 0 Å². The number of rotatable bonds is 4. The summed E-state index contributed by atoms with van der Waals surface area (Å²) >= 11 is 1.73. The van der Waals surface area contributed by atoms with Crippen molar-refractivity contribution >= 4 is 17.6 Å². The van der Waals surface area contributed by atoms with Crippen LogP contribution in [0.25, 0.3) is 0 Å². The van der Waals surface area contributed by atoms with Gasteiger partial charge < -0.3 is 16.4 Å². The first-order valence-corrected chi connectivity index (χ1v) is 6.12. The maximum absolute atomic E-state index is 5.53. The highest BCUT2D eigenvalue weighted by Gasteiger charge is 2.13. The Morgan fingerprint density at radius 1 is 1.80 bits per heavy atom. The number of nitrogens with zero attached hydrogens (tertiary/aromatic N) is 1. The third-order valence-electron chi connectivity index (χ3n) is 2.12. The molecule has 1 rings (SSSR count). The van der Waals surface area contributed by atoms with E-state index in [-0.39, 0.29) is 5.50 Å². The molecule has 1 aliphatic rings. The van der Waals surface area contributed by atoms with Gasteiger partial charge in [0.05, 0.1) is 5.84 Å². The molecule has 2 atom stereocenters. The molecular formula is C10H20N4S. The number of amidine groups is 1.